The third kappa shape index (κ3) is 4.43. The molecule has 1 amide bonds. The summed E-state index contributed by atoms with van der Waals surface area (Å²) in [5, 5.41) is 16.7. The lowest BCUT2D eigenvalue weighted by Gasteiger charge is -2.11. The van der Waals surface area contributed by atoms with Crippen molar-refractivity contribution in [2.24, 2.45) is 0 Å². The molecule has 0 bridgehead atoms. The van der Waals surface area contributed by atoms with Crippen LogP contribution in [0.5, 0.6) is 0 Å². The van der Waals surface area contributed by atoms with Gasteiger partial charge in [-0.2, -0.15) is 0 Å². The first-order valence-electron chi connectivity index (χ1n) is 7.49. The van der Waals surface area contributed by atoms with Crippen molar-refractivity contribution in [2.75, 3.05) is 6.54 Å². The van der Waals surface area contributed by atoms with Crippen LogP contribution in [-0.4, -0.2) is 22.7 Å². The highest BCUT2D eigenvalue weighted by Gasteiger charge is 2.12. The van der Waals surface area contributed by atoms with Crippen LogP contribution in [0.25, 0.3) is 0 Å². The third-order valence-electron chi connectivity index (χ3n) is 3.71. The molecule has 5 heteroatoms. The topological polar surface area (TPSA) is 75.4 Å². The highest BCUT2D eigenvalue weighted by Crippen LogP contribution is 2.16. The van der Waals surface area contributed by atoms with Crippen LogP contribution in [0.2, 0.25) is 0 Å². The number of nitrogens with one attached hydrogen (secondary N) is 1. The van der Waals surface area contributed by atoms with Crippen molar-refractivity contribution in [3.8, 4) is 0 Å². The van der Waals surface area contributed by atoms with Crippen LogP contribution >= 0.6 is 0 Å². The number of benzene rings is 1. The van der Waals surface area contributed by atoms with E-state index in [1.807, 2.05) is 44.2 Å². The monoisotopic (exact) mass is 302 g/mol. The molecule has 1 atom stereocenters. The molecule has 0 saturated heterocycles. The van der Waals surface area contributed by atoms with Crippen molar-refractivity contribution in [3.63, 3.8) is 0 Å². The van der Waals surface area contributed by atoms with Gasteiger partial charge in [-0.05, 0) is 32.3 Å². The van der Waals surface area contributed by atoms with Crippen LogP contribution in [0.15, 0.2) is 34.9 Å². The van der Waals surface area contributed by atoms with E-state index in [4.69, 9.17) is 4.52 Å². The summed E-state index contributed by atoms with van der Waals surface area (Å²) in [5.74, 6) is 0.741. The average molecular weight is 302 g/mol. The highest BCUT2D eigenvalue weighted by atomic mass is 16.5. The lowest BCUT2D eigenvalue weighted by molar-refractivity contribution is -0.121. The van der Waals surface area contributed by atoms with Crippen molar-refractivity contribution >= 4 is 5.91 Å². The van der Waals surface area contributed by atoms with Crippen LogP contribution in [0.1, 0.15) is 41.5 Å². The van der Waals surface area contributed by atoms with Gasteiger partial charge in [0.25, 0.3) is 0 Å². The second kappa shape index (κ2) is 7.75. The molecule has 2 aromatic rings. The molecule has 0 aliphatic carbocycles. The number of aliphatic hydroxyl groups is 1. The molecule has 0 saturated carbocycles. The van der Waals surface area contributed by atoms with Crippen LogP contribution in [0, 0.1) is 13.8 Å². The second-order valence-electron chi connectivity index (χ2n) is 5.37. The van der Waals surface area contributed by atoms with Crippen LogP contribution in [0.4, 0.5) is 0 Å². The SMILES string of the molecule is Cc1noc(C)c1CCC(=O)NCCC(O)c1ccccc1. The van der Waals surface area contributed by atoms with Gasteiger partial charge in [0.2, 0.25) is 5.91 Å². The number of aromatic nitrogens is 1. The quantitative estimate of drug-likeness (QED) is 0.824. The number of hydrogen-bond acceptors (Lipinski definition) is 4. The number of hydrogen-bond donors (Lipinski definition) is 2. The number of nitrogens with zero attached hydrogens (tertiary/aromatic N) is 1. The largest absolute Gasteiger partial charge is 0.388 e. The predicted molar refractivity (Wildman–Crippen MR) is 83.3 cm³/mol. The molecule has 2 N–H and O–H groups in total. The minimum atomic E-state index is -0.552. The molecule has 5 nitrogen and oxygen atoms in total. The summed E-state index contributed by atoms with van der Waals surface area (Å²) >= 11 is 0. The first-order valence-corrected chi connectivity index (χ1v) is 7.49. The van der Waals surface area contributed by atoms with E-state index in [2.05, 4.69) is 10.5 Å². The van der Waals surface area contributed by atoms with E-state index >= 15 is 0 Å². The molecule has 0 radical (unpaired) electrons. The summed E-state index contributed by atoms with van der Waals surface area (Å²) < 4.78 is 5.07. The van der Waals surface area contributed by atoms with Gasteiger partial charge in [-0.15, -0.1) is 0 Å². The Bertz CT molecular complexity index is 588. The zero-order valence-electron chi connectivity index (χ0n) is 13.0. The fourth-order valence-electron chi connectivity index (χ4n) is 2.38. The van der Waals surface area contributed by atoms with Gasteiger partial charge in [0.05, 0.1) is 11.8 Å². The number of aryl methyl sites for hydroxylation is 2. The summed E-state index contributed by atoms with van der Waals surface area (Å²) in [5.41, 5.74) is 2.71. The maximum Gasteiger partial charge on any atom is 0.220 e. The number of carbonyl (C=O) groups excluding carboxylic acids is 1. The molecule has 1 aromatic heterocycles. The summed E-state index contributed by atoms with van der Waals surface area (Å²) in [6.07, 6.45) is 0.962. The highest BCUT2D eigenvalue weighted by molar-refractivity contribution is 5.76. The van der Waals surface area contributed by atoms with Gasteiger partial charge in [-0.3, -0.25) is 4.79 Å². The van der Waals surface area contributed by atoms with Crippen molar-refractivity contribution in [3.05, 3.63) is 52.9 Å². The molecule has 0 aliphatic heterocycles. The number of aliphatic hydroxyl groups excluding tert-OH is 1. The maximum absolute atomic E-state index is 11.8. The normalized spacial score (nSPS) is 12.1. The summed E-state index contributed by atoms with van der Waals surface area (Å²) in [6, 6.07) is 9.45. The molecule has 0 fully saturated rings. The molecular formula is C17H22N2O3. The smallest absolute Gasteiger partial charge is 0.220 e. The standard InChI is InChI=1S/C17H22N2O3/c1-12-15(13(2)22-19-12)8-9-17(21)18-11-10-16(20)14-6-4-3-5-7-14/h3-7,16,20H,8-11H2,1-2H3,(H,18,21). The zero-order chi connectivity index (χ0) is 15.9. The molecule has 0 spiro atoms. The molecule has 2 rings (SSSR count). The van der Waals surface area contributed by atoms with E-state index in [9.17, 15) is 9.90 Å². The van der Waals surface area contributed by atoms with E-state index < -0.39 is 6.10 Å². The summed E-state index contributed by atoms with van der Waals surface area (Å²) in [7, 11) is 0. The summed E-state index contributed by atoms with van der Waals surface area (Å²) in [6.45, 7) is 4.18. The molecule has 1 heterocycles. The Morgan fingerprint density at radius 3 is 2.68 bits per heavy atom. The maximum atomic E-state index is 11.8. The van der Waals surface area contributed by atoms with Crippen LogP contribution < -0.4 is 5.32 Å². The Labute approximate surface area is 130 Å². The lowest BCUT2D eigenvalue weighted by Crippen LogP contribution is -2.25. The first-order chi connectivity index (χ1) is 10.6. The van der Waals surface area contributed by atoms with Crippen LogP contribution in [0.3, 0.4) is 0 Å². The number of carbonyl (C=O) groups is 1. The molecule has 0 aliphatic rings. The van der Waals surface area contributed by atoms with Crippen molar-refractivity contribution < 1.29 is 14.4 Å². The average Bonchev–Trinajstić information content (AvgIpc) is 2.84. The Morgan fingerprint density at radius 1 is 1.32 bits per heavy atom. The van der Waals surface area contributed by atoms with Crippen LogP contribution in [-0.2, 0) is 11.2 Å². The molecule has 1 unspecified atom stereocenters. The Hall–Kier alpha value is -2.14. The second-order valence-corrected chi connectivity index (χ2v) is 5.37. The Balaban J connectivity index is 1.70. The molecule has 118 valence electrons. The summed E-state index contributed by atoms with van der Waals surface area (Å²) in [4.78, 5) is 11.8. The molecule has 22 heavy (non-hydrogen) atoms. The van der Waals surface area contributed by atoms with Crippen molar-refractivity contribution in [1.29, 1.82) is 0 Å². The van der Waals surface area contributed by atoms with Crippen molar-refractivity contribution in [1.82, 2.24) is 10.5 Å². The van der Waals surface area contributed by atoms with Gasteiger partial charge < -0.3 is 14.9 Å². The van der Waals surface area contributed by atoms with Gasteiger partial charge in [0, 0.05) is 18.5 Å². The van der Waals surface area contributed by atoms with Gasteiger partial charge in [0.1, 0.15) is 5.76 Å². The number of rotatable bonds is 7. The predicted octanol–water partition coefficient (Wildman–Crippen LogP) is 2.46. The molecular weight excluding hydrogens is 280 g/mol. The van der Waals surface area contributed by atoms with E-state index in [1.165, 1.54) is 0 Å². The first kappa shape index (κ1) is 16.2. The Kier molecular flexibility index (Phi) is 5.72. The van der Waals surface area contributed by atoms with Crippen molar-refractivity contribution in [2.45, 2.75) is 39.2 Å². The van der Waals surface area contributed by atoms with E-state index in [-0.39, 0.29) is 5.91 Å². The van der Waals surface area contributed by atoms with E-state index in [0.717, 1.165) is 22.6 Å². The fourth-order valence-corrected chi connectivity index (χ4v) is 2.38. The van der Waals surface area contributed by atoms with Gasteiger partial charge in [-0.25, -0.2) is 0 Å². The van der Waals surface area contributed by atoms with E-state index in [0.29, 0.717) is 25.8 Å². The lowest BCUT2D eigenvalue weighted by atomic mass is 10.1. The zero-order valence-corrected chi connectivity index (χ0v) is 13.0. The Morgan fingerprint density at radius 2 is 2.05 bits per heavy atom. The van der Waals surface area contributed by atoms with E-state index in [1.54, 1.807) is 0 Å². The van der Waals surface area contributed by atoms with Gasteiger partial charge >= 0.3 is 0 Å². The fraction of sp³-hybridized carbons (Fsp3) is 0.412. The van der Waals surface area contributed by atoms with Gasteiger partial charge in [-0.1, -0.05) is 35.5 Å². The molecule has 1 aromatic carbocycles. The van der Waals surface area contributed by atoms with Gasteiger partial charge in [0.15, 0.2) is 0 Å². The minimum Gasteiger partial charge on any atom is -0.388 e. The third-order valence-corrected chi connectivity index (χ3v) is 3.71. The number of amides is 1. The minimum absolute atomic E-state index is 0.0275.